The molecule has 0 spiro atoms. The number of nitrogens with two attached hydrogens (primary N) is 1. The van der Waals surface area contributed by atoms with E-state index in [1.165, 1.54) is 5.69 Å². The van der Waals surface area contributed by atoms with Crippen molar-refractivity contribution >= 4 is 34.3 Å². The lowest BCUT2D eigenvalue weighted by atomic mass is 10.2. The molecule has 110 valence electrons. The Morgan fingerprint density at radius 1 is 0.952 bits per heavy atom. The van der Waals surface area contributed by atoms with E-state index in [2.05, 4.69) is 48.3 Å². The minimum Gasteiger partial charge on any atom is -0.389 e. The first-order valence-electron chi connectivity index (χ1n) is 7.16. The molecule has 0 heterocycles. The zero-order valence-electron chi connectivity index (χ0n) is 12.5. The van der Waals surface area contributed by atoms with Crippen LogP contribution in [0.2, 0.25) is 0 Å². The molecule has 0 bridgehead atoms. The molecule has 0 saturated heterocycles. The summed E-state index contributed by atoms with van der Waals surface area (Å²) < 4.78 is 0. The highest BCUT2D eigenvalue weighted by Crippen LogP contribution is 2.21. The fourth-order valence-corrected chi connectivity index (χ4v) is 2.36. The van der Waals surface area contributed by atoms with Gasteiger partial charge in [-0.3, -0.25) is 0 Å². The summed E-state index contributed by atoms with van der Waals surface area (Å²) >= 11 is 4.95. The van der Waals surface area contributed by atoms with E-state index in [-0.39, 0.29) is 0 Å². The molecule has 3 nitrogen and oxygen atoms in total. The van der Waals surface area contributed by atoms with E-state index >= 15 is 0 Å². The summed E-state index contributed by atoms with van der Waals surface area (Å²) in [5, 5.41) is 3.37. The van der Waals surface area contributed by atoms with E-state index < -0.39 is 0 Å². The number of thiocarbonyl (C=S) groups is 1. The van der Waals surface area contributed by atoms with Crippen LogP contribution < -0.4 is 16.0 Å². The summed E-state index contributed by atoms with van der Waals surface area (Å²) in [5.41, 5.74) is 9.80. The van der Waals surface area contributed by atoms with Gasteiger partial charge in [0.05, 0.1) is 0 Å². The summed E-state index contributed by atoms with van der Waals surface area (Å²) in [6.45, 7) is 6.37. The maximum absolute atomic E-state index is 5.59. The highest BCUT2D eigenvalue weighted by Gasteiger charge is 2.02. The Labute approximate surface area is 131 Å². The van der Waals surface area contributed by atoms with Gasteiger partial charge >= 0.3 is 0 Å². The number of nitrogens with one attached hydrogen (secondary N) is 1. The highest BCUT2D eigenvalue weighted by molar-refractivity contribution is 7.80. The minimum absolute atomic E-state index is 0.421. The molecule has 0 aromatic heterocycles. The van der Waals surface area contributed by atoms with Gasteiger partial charge in [-0.1, -0.05) is 12.2 Å². The minimum atomic E-state index is 0.421. The molecule has 2 rings (SSSR count). The third kappa shape index (κ3) is 3.95. The van der Waals surface area contributed by atoms with Crippen molar-refractivity contribution in [2.24, 2.45) is 5.73 Å². The Morgan fingerprint density at radius 2 is 1.43 bits per heavy atom. The molecule has 2 aromatic rings. The van der Waals surface area contributed by atoms with Crippen LogP contribution in [0.15, 0.2) is 48.5 Å². The van der Waals surface area contributed by atoms with Crippen LogP contribution >= 0.6 is 12.2 Å². The van der Waals surface area contributed by atoms with Crippen LogP contribution in [-0.4, -0.2) is 18.1 Å². The van der Waals surface area contributed by atoms with Crippen molar-refractivity contribution in [3.63, 3.8) is 0 Å². The Balaban J connectivity index is 2.07. The predicted molar refractivity (Wildman–Crippen MR) is 95.6 cm³/mol. The molecule has 0 amide bonds. The number of hydrogen-bond donors (Lipinski definition) is 2. The molecule has 0 atom stereocenters. The largest absolute Gasteiger partial charge is 0.389 e. The van der Waals surface area contributed by atoms with Gasteiger partial charge in [0.15, 0.2) is 0 Å². The summed E-state index contributed by atoms with van der Waals surface area (Å²) in [7, 11) is 0. The second-order valence-corrected chi connectivity index (χ2v) is 5.23. The van der Waals surface area contributed by atoms with Crippen molar-refractivity contribution in [1.82, 2.24) is 0 Å². The molecule has 3 N–H and O–H groups in total. The van der Waals surface area contributed by atoms with Crippen LogP contribution in [0.3, 0.4) is 0 Å². The van der Waals surface area contributed by atoms with Crippen LogP contribution in [0.25, 0.3) is 0 Å². The first-order chi connectivity index (χ1) is 10.1. The number of anilines is 3. The molecule has 0 aliphatic carbocycles. The molecule has 0 aliphatic heterocycles. The van der Waals surface area contributed by atoms with E-state index in [4.69, 9.17) is 18.0 Å². The summed E-state index contributed by atoms with van der Waals surface area (Å²) in [6, 6.07) is 16.3. The van der Waals surface area contributed by atoms with Crippen molar-refractivity contribution in [3.05, 3.63) is 54.1 Å². The topological polar surface area (TPSA) is 41.3 Å². The first-order valence-corrected chi connectivity index (χ1v) is 7.56. The van der Waals surface area contributed by atoms with Crippen molar-refractivity contribution in [1.29, 1.82) is 0 Å². The Morgan fingerprint density at radius 3 is 1.86 bits per heavy atom. The second-order valence-electron chi connectivity index (χ2n) is 4.79. The quantitative estimate of drug-likeness (QED) is 0.794. The van der Waals surface area contributed by atoms with E-state index in [0.717, 1.165) is 30.0 Å². The lowest BCUT2D eigenvalue weighted by Crippen LogP contribution is -2.21. The fourth-order valence-electron chi connectivity index (χ4n) is 2.23. The first kappa shape index (κ1) is 15.3. The standard InChI is InChI=1S/C17H21N3S/c1-3-20(4-2)16-11-9-15(10-12-16)19-14-7-5-13(6-8-14)17(18)21/h5-12,19H,3-4H2,1-2H3,(H2,18,21). The van der Waals surface area contributed by atoms with Gasteiger partial charge in [-0.25, -0.2) is 0 Å². The van der Waals surface area contributed by atoms with Crippen molar-refractivity contribution < 1.29 is 0 Å². The number of rotatable bonds is 6. The van der Waals surface area contributed by atoms with E-state index in [1.54, 1.807) is 0 Å². The number of nitrogens with zero attached hydrogens (tertiary/aromatic N) is 1. The molecule has 21 heavy (non-hydrogen) atoms. The van der Waals surface area contributed by atoms with Gasteiger partial charge in [-0.15, -0.1) is 0 Å². The SMILES string of the molecule is CCN(CC)c1ccc(Nc2ccc(C(N)=S)cc2)cc1. The molecule has 0 fully saturated rings. The van der Waals surface area contributed by atoms with Crippen LogP contribution in [-0.2, 0) is 0 Å². The maximum atomic E-state index is 5.59. The van der Waals surface area contributed by atoms with Crippen LogP contribution in [0.4, 0.5) is 17.1 Å². The molecule has 0 saturated carbocycles. The predicted octanol–water partition coefficient (Wildman–Crippen LogP) is 3.91. The number of hydrogen-bond acceptors (Lipinski definition) is 3. The molecule has 0 unspecified atom stereocenters. The van der Waals surface area contributed by atoms with Gasteiger partial charge in [0, 0.05) is 35.7 Å². The summed E-state index contributed by atoms with van der Waals surface area (Å²) in [4.78, 5) is 2.74. The van der Waals surface area contributed by atoms with E-state index in [9.17, 15) is 0 Å². The lowest BCUT2D eigenvalue weighted by Gasteiger charge is -2.21. The van der Waals surface area contributed by atoms with Crippen molar-refractivity contribution in [2.45, 2.75) is 13.8 Å². The van der Waals surface area contributed by atoms with Gasteiger partial charge in [-0.05, 0) is 62.4 Å². The molecular weight excluding hydrogens is 278 g/mol. The van der Waals surface area contributed by atoms with E-state index in [1.807, 2.05) is 24.3 Å². The Kier molecular flexibility index (Phi) is 5.17. The Hall–Kier alpha value is -2.07. The van der Waals surface area contributed by atoms with Crippen LogP contribution in [0.1, 0.15) is 19.4 Å². The molecule has 0 radical (unpaired) electrons. The third-order valence-corrected chi connectivity index (χ3v) is 3.69. The van der Waals surface area contributed by atoms with Gasteiger partial charge < -0.3 is 16.0 Å². The summed E-state index contributed by atoms with van der Waals surface area (Å²) in [6.07, 6.45) is 0. The zero-order valence-corrected chi connectivity index (χ0v) is 13.3. The van der Waals surface area contributed by atoms with Gasteiger partial charge in [0.2, 0.25) is 0 Å². The van der Waals surface area contributed by atoms with Crippen LogP contribution in [0, 0.1) is 0 Å². The molecule has 0 aliphatic rings. The third-order valence-electron chi connectivity index (χ3n) is 3.45. The van der Waals surface area contributed by atoms with Gasteiger partial charge in [-0.2, -0.15) is 0 Å². The van der Waals surface area contributed by atoms with Crippen molar-refractivity contribution in [3.8, 4) is 0 Å². The molecule has 2 aromatic carbocycles. The maximum Gasteiger partial charge on any atom is 0.103 e. The molecular formula is C17H21N3S. The zero-order chi connectivity index (χ0) is 15.2. The summed E-state index contributed by atoms with van der Waals surface area (Å²) in [5.74, 6) is 0. The van der Waals surface area contributed by atoms with Crippen molar-refractivity contribution in [2.75, 3.05) is 23.3 Å². The average Bonchev–Trinajstić information content (AvgIpc) is 2.51. The molecule has 4 heteroatoms. The van der Waals surface area contributed by atoms with Gasteiger partial charge in [0.1, 0.15) is 4.99 Å². The number of benzene rings is 2. The fraction of sp³-hybridized carbons (Fsp3) is 0.235. The smallest absolute Gasteiger partial charge is 0.103 e. The second kappa shape index (κ2) is 7.09. The van der Waals surface area contributed by atoms with Crippen LogP contribution in [0.5, 0.6) is 0 Å². The Bertz CT molecular complexity index is 586. The normalized spacial score (nSPS) is 10.2. The lowest BCUT2D eigenvalue weighted by molar-refractivity contribution is 0.866. The van der Waals surface area contributed by atoms with Gasteiger partial charge in [0.25, 0.3) is 0 Å². The van der Waals surface area contributed by atoms with E-state index in [0.29, 0.717) is 4.99 Å². The monoisotopic (exact) mass is 299 g/mol. The average molecular weight is 299 g/mol. The highest BCUT2D eigenvalue weighted by atomic mass is 32.1.